The fraction of sp³-hybridized carbons (Fsp3) is 0.382. The fourth-order valence-corrected chi connectivity index (χ4v) is 12.9. The Labute approximate surface area is 433 Å². The van der Waals surface area contributed by atoms with Gasteiger partial charge in [0.2, 0.25) is 0 Å². The zero-order valence-electron chi connectivity index (χ0n) is 46.4. The van der Waals surface area contributed by atoms with Crippen LogP contribution in [0.1, 0.15) is 155 Å². The highest BCUT2D eigenvalue weighted by Gasteiger charge is 2.47. The van der Waals surface area contributed by atoms with Gasteiger partial charge in [-0.15, -0.1) is 0 Å². The lowest BCUT2D eigenvalue weighted by molar-refractivity contribution is 0.392. The molecule has 0 amide bonds. The van der Waals surface area contributed by atoms with Crippen LogP contribution in [0.15, 0.2) is 133 Å². The van der Waals surface area contributed by atoms with Crippen molar-refractivity contribution in [3.05, 3.63) is 178 Å². The van der Waals surface area contributed by atoms with Crippen molar-refractivity contribution in [2.24, 2.45) is 10.8 Å². The molecule has 2 aliphatic heterocycles. The molecule has 7 aromatic rings. The molecule has 3 nitrogen and oxygen atoms in total. The number of nitrogens with zero attached hydrogens (tertiary/aromatic N) is 3. The predicted octanol–water partition coefficient (Wildman–Crippen LogP) is 16.7. The van der Waals surface area contributed by atoms with E-state index in [4.69, 9.17) is 0 Å². The average molecular weight is 948 g/mol. The summed E-state index contributed by atoms with van der Waals surface area (Å²) in [5, 5.41) is 0. The maximum absolute atomic E-state index is 2.70. The molecule has 4 heteroatoms. The lowest BCUT2D eigenvalue weighted by Crippen LogP contribution is -2.61. The largest absolute Gasteiger partial charge is 0.311 e. The van der Waals surface area contributed by atoms with Gasteiger partial charge in [0.05, 0.1) is 0 Å². The van der Waals surface area contributed by atoms with Crippen molar-refractivity contribution in [3.8, 4) is 0 Å². The van der Waals surface area contributed by atoms with Crippen LogP contribution in [-0.2, 0) is 47.3 Å². The van der Waals surface area contributed by atoms with Gasteiger partial charge in [0, 0.05) is 51.2 Å². The molecular weight excluding hydrogens is 870 g/mol. The summed E-state index contributed by atoms with van der Waals surface area (Å²) in [5.74, 6) is 0. The third-order valence-corrected chi connectivity index (χ3v) is 16.6. The van der Waals surface area contributed by atoms with Gasteiger partial charge in [-0.1, -0.05) is 178 Å². The molecule has 0 bridgehead atoms. The lowest BCUT2D eigenvalue weighted by atomic mass is 9.33. The van der Waals surface area contributed by atoms with Crippen LogP contribution >= 0.6 is 0 Å². The molecule has 368 valence electrons. The van der Waals surface area contributed by atoms with Crippen molar-refractivity contribution >= 4 is 74.3 Å². The van der Waals surface area contributed by atoms with Gasteiger partial charge >= 0.3 is 0 Å². The second kappa shape index (κ2) is 16.3. The van der Waals surface area contributed by atoms with E-state index in [1.807, 2.05) is 0 Å². The van der Waals surface area contributed by atoms with Crippen molar-refractivity contribution in [1.82, 2.24) is 0 Å². The molecule has 4 aliphatic rings. The van der Waals surface area contributed by atoms with E-state index in [0.29, 0.717) is 0 Å². The zero-order valence-corrected chi connectivity index (χ0v) is 46.4. The topological polar surface area (TPSA) is 9.72 Å². The predicted molar refractivity (Wildman–Crippen MR) is 312 cm³/mol. The number of hydrogen-bond acceptors (Lipinski definition) is 3. The maximum atomic E-state index is 2.70. The van der Waals surface area contributed by atoms with Gasteiger partial charge in [0.1, 0.15) is 0 Å². The van der Waals surface area contributed by atoms with Crippen LogP contribution in [0, 0.1) is 10.8 Å². The van der Waals surface area contributed by atoms with E-state index < -0.39 is 0 Å². The summed E-state index contributed by atoms with van der Waals surface area (Å²) >= 11 is 0. The monoisotopic (exact) mass is 948 g/mol. The Kier molecular flexibility index (Phi) is 10.9. The second-order valence-corrected chi connectivity index (χ2v) is 27.8. The zero-order chi connectivity index (χ0) is 51.2. The van der Waals surface area contributed by atoms with Crippen molar-refractivity contribution in [1.29, 1.82) is 0 Å². The van der Waals surface area contributed by atoms with Gasteiger partial charge in [-0.25, -0.2) is 0 Å². The number of benzene rings is 7. The first-order chi connectivity index (χ1) is 33.7. The van der Waals surface area contributed by atoms with Gasteiger partial charge in [-0.2, -0.15) is 0 Å². The number of rotatable bonds is 5. The first kappa shape index (κ1) is 48.3. The Hall–Kier alpha value is -6.00. The van der Waals surface area contributed by atoms with Gasteiger partial charge in [0.25, 0.3) is 6.71 Å². The molecule has 0 N–H and O–H groups in total. The molecule has 0 spiro atoms. The van der Waals surface area contributed by atoms with E-state index in [9.17, 15) is 0 Å². The van der Waals surface area contributed by atoms with E-state index >= 15 is 0 Å². The molecule has 0 saturated heterocycles. The summed E-state index contributed by atoms with van der Waals surface area (Å²) in [6.45, 7) is 37.9. The smallest absolute Gasteiger partial charge is 0.252 e. The van der Waals surface area contributed by atoms with Crippen molar-refractivity contribution < 1.29 is 0 Å². The maximum Gasteiger partial charge on any atom is 0.252 e. The third-order valence-electron chi connectivity index (χ3n) is 16.6. The van der Waals surface area contributed by atoms with Crippen molar-refractivity contribution in [3.63, 3.8) is 0 Å². The minimum absolute atomic E-state index is 0.0229. The van der Waals surface area contributed by atoms with Gasteiger partial charge in [-0.3, -0.25) is 0 Å². The number of hydrogen-bond donors (Lipinski definition) is 0. The van der Waals surface area contributed by atoms with Crippen LogP contribution in [0.3, 0.4) is 0 Å². The molecule has 7 aromatic carbocycles. The Morgan fingerprint density at radius 2 is 0.819 bits per heavy atom. The van der Waals surface area contributed by atoms with Crippen molar-refractivity contribution in [2.75, 3.05) is 14.7 Å². The van der Waals surface area contributed by atoms with Crippen molar-refractivity contribution in [2.45, 2.75) is 158 Å². The number of fused-ring (bicyclic) bond motifs is 6. The molecule has 0 unspecified atom stereocenters. The summed E-state index contributed by atoms with van der Waals surface area (Å²) in [5.41, 5.74) is 26.9. The quantitative estimate of drug-likeness (QED) is 0.159. The van der Waals surface area contributed by atoms with Crippen LogP contribution in [0.5, 0.6) is 0 Å². The molecule has 0 atom stereocenters. The molecule has 72 heavy (non-hydrogen) atoms. The second-order valence-electron chi connectivity index (χ2n) is 27.8. The van der Waals surface area contributed by atoms with Crippen LogP contribution < -0.4 is 31.1 Å². The summed E-state index contributed by atoms with van der Waals surface area (Å²) in [7, 11) is 0. The minimum Gasteiger partial charge on any atom is -0.311 e. The summed E-state index contributed by atoms with van der Waals surface area (Å²) in [6, 6.07) is 53.1. The molecule has 0 fully saturated rings. The van der Waals surface area contributed by atoms with E-state index in [-0.39, 0.29) is 39.2 Å². The highest BCUT2D eigenvalue weighted by atomic mass is 15.2. The summed E-state index contributed by atoms with van der Waals surface area (Å²) in [4.78, 5) is 7.96. The Morgan fingerprint density at radius 3 is 1.26 bits per heavy atom. The Morgan fingerprint density at radius 1 is 0.403 bits per heavy atom. The molecule has 0 aromatic heterocycles. The van der Waals surface area contributed by atoms with Crippen LogP contribution in [0.2, 0.25) is 0 Å². The average Bonchev–Trinajstić information content (AvgIpc) is 3.81. The molecule has 0 saturated carbocycles. The normalized spacial score (nSPS) is 16.5. The van der Waals surface area contributed by atoms with E-state index in [1.165, 1.54) is 112 Å². The lowest BCUT2D eigenvalue weighted by Gasteiger charge is -2.46. The van der Waals surface area contributed by atoms with Gasteiger partial charge in [0.15, 0.2) is 0 Å². The molecule has 2 aliphatic carbocycles. The van der Waals surface area contributed by atoms with Gasteiger partial charge in [-0.05, 0) is 186 Å². The summed E-state index contributed by atoms with van der Waals surface area (Å²) in [6.07, 6.45) is 4.29. The minimum atomic E-state index is -0.210. The Bertz CT molecular complexity index is 3220. The third kappa shape index (κ3) is 8.11. The van der Waals surface area contributed by atoms with E-state index in [2.05, 4.69) is 259 Å². The number of anilines is 9. The molecule has 2 heterocycles. The van der Waals surface area contributed by atoms with Crippen LogP contribution in [0.4, 0.5) is 51.2 Å². The first-order valence-corrected chi connectivity index (χ1v) is 27.0. The molecule has 11 rings (SSSR count). The van der Waals surface area contributed by atoms with E-state index in [0.717, 1.165) is 25.7 Å². The molecular formula is C68H78BN3. The van der Waals surface area contributed by atoms with Gasteiger partial charge < -0.3 is 14.7 Å². The molecule has 0 radical (unpaired) electrons. The standard InChI is InChI=1S/C68H78BN3/c1-63(2,3)45-26-31-48(32-27-45)70(49-33-28-46(29-34-49)64(4,5)6)59-38-54-61(37-52(59)66(10,11)12)72(56-23-18-21-44-40-68(15,16)42-51(44)56)58-25-19-24-57-62(58)69(54)53-35-30-47(65(7,8)9)36-60(53)71(57)55-22-17-20-43-39-67(13,14)41-50(43)55/h17-38H,39-42H2,1-16H3. The first-order valence-electron chi connectivity index (χ1n) is 27.0. The fourth-order valence-electron chi connectivity index (χ4n) is 12.9. The van der Waals surface area contributed by atoms with E-state index in [1.54, 1.807) is 0 Å². The summed E-state index contributed by atoms with van der Waals surface area (Å²) < 4.78 is 0. The van der Waals surface area contributed by atoms with Crippen LogP contribution in [-0.4, -0.2) is 6.71 Å². The Balaban J connectivity index is 1.25. The van der Waals surface area contributed by atoms with Crippen LogP contribution in [0.25, 0.3) is 0 Å². The highest BCUT2D eigenvalue weighted by molar-refractivity contribution is 7.00. The SMILES string of the molecule is CC1(C)Cc2cccc(N3c4cc(C(C)(C)C)ccc4B4c5cc(N(c6ccc(C(C)(C)C)cc6)c6ccc(C(C)(C)C)cc6)c(C(C)(C)C)cc5N(c5cccc6c5CC(C)(C)C6)c5cccc3c54)c2C1. The highest BCUT2D eigenvalue weighted by Crippen LogP contribution is 2.53.